The molecule has 1 saturated heterocycles. The van der Waals surface area contributed by atoms with Crippen LogP contribution in [0.25, 0.3) is 0 Å². The zero-order chi connectivity index (χ0) is 8.97. The molecule has 68 valence electrons. The van der Waals surface area contributed by atoms with E-state index in [9.17, 15) is 4.79 Å². The van der Waals surface area contributed by atoms with Crippen LogP contribution in [-0.4, -0.2) is 17.8 Å². The minimum atomic E-state index is -0.0771. The molecule has 0 aromatic rings. The maximum atomic E-state index is 11.3. The molecule has 1 aliphatic rings. The first-order valence-electron chi connectivity index (χ1n) is 3.93. The maximum Gasteiger partial charge on any atom is 0.239 e. The van der Waals surface area contributed by atoms with Crippen LogP contribution in [0.4, 0.5) is 0 Å². The molecule has 0 aromatic heterocycles. The average Bonchev–Trinajstić information content (AvgIpc) is 2.05. The van der Waals surface area contributed by atoms with Crippen LogP contribution in [-0.2, 0) is 8.98 Å². The molecule has 0 saturated carbocycles. The number of hydrogen-bond donors (Lipinski definition) is 1. The third-order valence-electron chi connectivity index (χ3n) is 1.69. The summed E-state index contributed by atoms with van der Waals surface area (Å²) in [4.78, 5) is 11.3. The number of hydrogen-bond acceptors (Lipinski definition) is 3. The first kappa shape index (κ1) is 9.61. The van der Waals surface area contributed by atoms with Crippen LogP contribution in [0.15, 0.2) is 12.8 Å². The first-order chi connectivity index (χ1) is 5.74. The lowest BCUT2D eigenvalue weighted by Gasteiger charge is -2.23. The van der Waals surface area contributed by atoms with Gasteiger partial charge in [-0.25, -0.2) is 0 Å². The highest BCUT2D eigenvalue weighted by Crippen LogP contribution is 2.27. The molecular weight excluding hydrogens is 174 g/mol. The summed E-state index contributed by atoms with van der Waals surface area (Å²) in [5, 5.41) is 2.48. The van der Waals surface area contributed by atoms with E-state index in [1.807, 2.05) is 0 Å². The number of rotatable bonds is 2. The van der Waals surface area contributed by atoms with E-state index in [-0.39, 0.29) is 11.2 Å². The van der Waals surface area contributed by atoms with Crippen molar-refractivity contribution in [2.24, 2.45) is 5.92 Å². The SMILES string of the molecule is C=CNC(=O)C1CC(C)COS1. The Morgan fingerprint density at radius 3 is 3.17 bits per heavy atom. The standard InChI is InChI=1S/C8H13NO2S/c1-3-9-8(10)7-4-6(2)5-11-12-7/h3,6-7H,1,4-5H2,2H3,(H,9,10). The zero-order valence-corrected chi connectivity index (χ0v) is 7.89. The van der Waals surface area contributed by atoms with Gasteiger partial charge in [-0.3, -0.25) is 4.79 Å². The van der Waals surface area contributed by atoms with Crippen LogP contribution in [0.1, 0.15) is 13.3 Å². The van der Waals surface area contributed by atoms with Gasteiger partial charge in [0.2, 0.25) is 5.91 Å². The fourth-order valence-electron chi connectivity index (χ4n) is 1.05. The van der Waals surface area contributed by atoms with Gasteiger partial charge in [0.25, 0.3) is 0 Å². The highest BCUT2D eigenvalue weighted by Gasteiger charge is 2.26. The molecule has 1 N–H and O–H groups in total. The number of carbonyl (C=O) groups is 1. The molecule has 0 aliphatic carbocycles. The smallest absolute Gasteiger partial charge is 0.239 e. The fraction of sp³-hybridized carbons (Fsp3) is 0.625. The average molecular weight is 187 g/mol. The molecule has 3 nitrogen and oxygen atoms in total. The molecule has 2 atom stereocenters. The van der Waals surface area contributed by atoms with Crippen molar-refractivity contribution in [1.29, 1.82) is 0 Å². The van der Waals surface area contributed by atoms with Crippen molar-refractivity contribution in [3.63, 3.8) is 0 Å². The number of amides is 1. The van der Waals surface area contributed by atoms with Gasteiger partial charge in [-0.2, -0.15) is 0 Å². The van der Waals surface area contributed by atoms with E-state index in [0.29, 0.717) is 5.92 Å². The molecule has 1 rings (SSSR count). The van der Waals surface area contributed by atoms with Crippen molar-refractivity contribution in [3.05, 3.63) is 12.8 Å². The predicted molar refractivity (Wildman–Crippen MR) is 49.5 cm³/mol. The van der Waals surface area contributed by atoms with Crippen molar-refractivity contribution in [2.45, 2.75) is 18.6 Å². The van der Waals surface area contributed by atoms with E-state index in [1.165, 1.54) is 18.2 Å². The molecule has 2 unspecified atom stereocenters. The minimum Gasteiger partial charge on any atom is -0.332 e. The van der Waals surface area contributed by atoms with E-state index in [2.05, 4.69) is 18.8 Å². The van der Waals surface area contributed by atoms with Gasteiger partial charge in [0, 0.05) is 12.0 Å². The highest BCUT2D eigenvalue weighted by atomic mass is 32.2. The quantitative estimate of drug-likeness (QED) is 0.663. The molecular formula is C8H13NO2S. The minimum absolute atomic E-state index is 0.0125. The summed E-state index contributed by atoms with van der Waals surface area (Å²) in [5.74, 6) is 0.452. The Balaban J connectivity index is 2.39. The molecule has 0 bridgehead atoms. The van der Waals surface area contributed by atoms with Crippen molar-refractivity contribution in [3.8, 4) is 0 Å². The van der Waals surface area contributed by atoms with Crippen molar-refractivity contribution in [1.82, 2.24) is 5.32 Å². The molecule has 12 heavy (non-hydrogen) atoms. The van der Waals surface area contributed by atoms with Crippen LogP contribution < -0.4 is 5.32 Å². The topological polar surface area (TPSA) is 38.3 Å². The molecule has 0 spiro atoms. The third kappa shape index (κ3) is 2.53. The summed E-state index contributed by atoms with van der Waals surface area (Å²) in [6.45, 7) is 6.25. The van der Waals surface area contributed by atoms with Crippen molar-refractivity contribution < 1.29 is 8.98 Å². The molecule has 1 heterocycles. The number of carbonyl (C=O) groups excluding carboxylic acids is 1. The van der Waals surface area contributed by atoms with Gasteiger partial charge >= 0.3 is 0 Å². The second-order valence-corrected chi connectivity index (χ2v) is 3.92. The predicted octanol–water partition coefficient (Wildman–Crippen LogP) is 1.32. The molecule has 1 aliphatic heterocycles. The summed E-state index contributed by atoms with van der Waals surface area (Å²) in [6.07, 6.45) is 2.28. The summed E-state index contributed by atoms with van der Waals surface area (Å²) >= 11 is 1.26. The third-order valence-corrected chi connectivity index (χ3v) is 2.60. The van der Waals surface area contributed by atoms with Gasteiger partial charge in [-0.05, 0) is 18.5 Å². The summed E-state index contributed by atoms with van der Waals surface area (Å²) in [7, 11) is 0. The van der Waals surface area contributed by atoms with Crippen molar-refractivity contribution in [2.75, 3.05) is 6.61 Å². The molecule has 4 heteroatoms. The Labute approximate surface area is 76.8 Å². The van der Waals surface area contributed by atoms with Crippen LogP contribution in [0.3, 0.4) is 0 Å². The van der Waals surface area contributed by atoms with Gasteiger partial charge in [-0.1, -0.05) is 13.5 Å². The Hall–Kier alpha value is -0.480. The van der Waals surface area contributed by atoms with Crippen LogP contribution >= 0.6 is 12.0 Å². The Morgan fingerprint density at radius 2 is 2.58 bits per heavy atom. The molecule has 1 amide bonds. The Kier molecular flexibility index (Phi) is 3.62. The molecule has 1 fully saturated rings. The van der Waals surface area contributed by atoms with E-state index in [0.717, 1.165) is 13.0 Å². The zero-order valence-electron chi connectivity index (χ0n) is 7.08. The van der Waals surface area contributed by atoms with E-state index in [4.69, 9.17) is 4.18 Å². The summed E-state index contributed by atoms with van der Waals surface area (Å²) < 4.78 is 5.18. The normalized spacial score (nSPS) is 29.4. The molecule has 0 radical (unpaired) electrons. The van der Waals surface area contributed by atoms with Crippen molar-refractivity contribution >= 4 is 17.9 Å². The summed E-state index contributed by atoms with van der Waals surface area (Å²) in [6, 6.07) is 0. The monoisotopic (exact) mass is 187 g/mol. The van der Waals surface area contributed by atoms with Gasteiger partial charge in [0.05, 0.1) is 6.61 Å². The van der Waals surface area contributed by atoms with Gasteiger partial charge in [-0.15, -0.1) is 0 Å². The summed E-state index contributed by atoms with van der Waals surface area (Å²) in [5.41, 5.74) is 0. The molecule has 0 aromatic carbocycles. The fourth-order valence-corrected chi connectivity index (χ4v) is 2.09. The Morgan fingerprint density at radius 1 is 1.83 bits per heavy atom. The van der Waals surface area contributed by atoms with E-state index in [1.54, 1.807) is 0 Å². The van der Waals surface area contributed by atoms with Gasteiger partial charge in [0.15, 0.2) is 0 Å². The van der Waals surface area contributed by atoms with Crippen LogP contribution in [0.2, 0.25) is 0 Å². The second-order valence-electron chi connectivity index (χ2n) is 2.92. The highest BCUT2D eigenvalue weighted by molar-refractivity contribution is 7.96. The largest absolute Gasteiger partial charge is 0.332 e. The Bertz CT molecular complexity index is 184. The van der Waals surface area contributed by atoms with Gasteiger partial charge < -0.3 is 9.50 Å². The van der Waals surface area contributed by atoms with Crippen LogP contribution in [0.5, 0.6) is 0 Å². The lowest BCUT2D eigenvalue weighted by atomic mass is 10.1. The number of nitrogens with one attached hydrogen (secondary N) is 1. The van der Waals surface area contributed by atoms with E-state index >= 15 is 0 Å². The second kappa shape index (κ2) is 4.52. The van der Waals surface area contributed by atoms with E-state index < -0.39 is 0 Å². The maximum absolute atomic E-state index is 11.3. The lowest BCUT2D eigenvalue weighted by Crippen LogP contribution is -2.33. The lowest BCUT2D eigenvalue weighted by molar-refractivity contribution is -0.120. The van der Waals surface area contributed by atoms with Crippen LogP contribution in [0, 0.1) is 5.92 Å². The van der Waals surface area contributed by atoms with Gasteiger partial charge in [0.1, 0.15) is 5.25 Å². The first-order valence-corrected chi connectivity index (χ1v) is 4.74.